The number of hydrogen-bond donors (Lipinski definition) is 1. The average Bonchev–Trinajstić information content (AvgIpc) is 3.10. The monoisotopic (exact) mass is 362 g/mol. The van der Waals surface area contributed by atoms with Crippen molar-refractivity contribution in [1.82, 2.24) is 9.71 Å². The number of aromatic nitrogens is 1. The summed E-state index contributed by atoms with van der Waals surface area (Å²) in [6.45, 7) is 0.184. The topological polar surface area (TPSA) is 59.1 Å². The summed E-state index contributed by atoms with van der Waals surface area (Å²) in [6.07, 6.45) is 1.66. The third-order valence-electron chi connectivity index (χ3n) is 3.41. The van der Waals surface area contributed by atoms with Gasteiger partial charge in [0.2, 0.25) is 10.0 Å². The number of sulfonamides is 1. The second-order valence-corrected chi connectivity index (χ2v) is 7.85. The number of nitrogens with one attached hydrogen (secondary N) is 1. The maximum atomic E-state index is 12.9. The highest BCUT2D eigenvalue weighted by molar-refractivity contribution is 7.88. The second-order valence-electron chi connectivity index (χ2n) is 5.27. The molecule has 0 saturated carbocycles. The Morgan fingerprint density at radius 1 is 1.08 bits per heavy atom. The van der Waals surface area contributed by atoms with Gasteiger partial charge in [-0.3, -0.25) is 4.98 Å². The molecule has 0 spiro atoms. The first kappa shape index (κ1) is 16.8. The van der Waals surface area contributed by atoms with Crippen molar-refractivity contribution in [2.45, 2.75) is 12.3 Å². The molecule has 2 heterocycles. The van der Waals surface area contributed by atoms with E-state index >= 15 is 0 Å². The number of thiophene rings is 1. The molecule has 0 amide bonds. The van der Waals surface area contributed by atoms with Gasteiger partial charge in [-0.05, 0) is 46.8 Å². The van der Waals surface area contributed by atoms with E-state index in [-0.39, 0.29) is 18.1 Å². The van der Waals surface area contributed by atoms with E-state index in [1.165, 1.54) is 24.3 Å². The summed E-state index contributed by atoms with van der Waals surface area (Å²) in [5.74, 6) is -0.572. The van der Waals surface area contributed by atoms with Crippen molar-refractivity contribution < 1.29 is 12.8 Å². The summed E-state index contributed by atoms with van der Waals surface area (Å²) in [5.41, 5.74) is 3.19. The number of rotatable bonds is 6. The highest BCUT2D eigenvalue weighted by Gasteiger charge is 2.12. The van der Waals surface area contributed by atoms with Crippen LogP contribution in [0.3, 0.4) is 0 Å². The Bertz CT molecular complexity index is 908. The standard InChI is InChI=1S/C17H15FN2O2S2/c18-16-3-1-13(2-4-16)12-24(21,22)20-10-14-5-7-19-17(9-14)15-6-8-23-11-15/h1-9,11,20H,10,12H2. The summed E-state index contributed by atoms with van der Waals surface area (Å²) < 4.78 is 39.7. The molecule has 0 fully saturated rings. The van der Waals surface area contributed by atoms with Crippen molar-refractivity contribution in [3.05, 3.63) is 76.4 Å². The van der Waals surface area contributed by atoms with Gasteiger partial charge in [0.05, 0.1) is 11.4 Å². The lowest BCUT2D eigenvalue weighted by Crippen LogP contribution is -2.24. The van der Waals surface area contributed by atoms with Gasteiger partial charge in [0.15, 0.2) is 0 Å². The Balaban J connectivity index is 1.66. The van der Waals surface area contributed by atoms with E-state index in [9.17, 15) is 12.8 Å². The fourth-order valence-corrected chi connectivity index (χ4v) is 3.97. The largest absolute Gasteiger partial charge is 0.256 e. The highest BCUT2D eigenvalue weighted by atomic mass is 32.2. The zero-order valence-corrected chi connectivity index (χ0v) is 14.3. The highest BCUT2D eigenvalue weighted by Crippen LogP contribution is 2.20. The summed E-state index contributed by atoms with van der Waals surface area (Å²) in [4.78, 5) is 4.30. The number of halogens is 1. The predicted molar refractivity (Wildman–Crippen MR) is 93.4 cm³/mol. The maximum Gasteiger partial charge on any atom is 0.216 e. The molecule has 2 aromatic heterocycles. The summed E-state index contributed by atoms with van der Waals surface area (Å²) in [6, 6.07) is 11.0. The molecular weight excluding hydrogens is 347 g/mol. The van der Waals surface area contributed by atoms with Gasteiger partial charge in [-0.25, -0.2) is 17.5 Å². The molecule has 0 aliphatic rings. The van der Waals surface area contributed by atoms with Crippen LogP contribution >= 0.6 is 11.3 Å². The van der Waals surface area contributed by atoms with Gasteiger partial charge in [0.1, 0.15) is 5.82 Å². The van der Waals surface area contributed by atoms with E-state index in [0.717, 1.165) is 16.8 Å². The SMILES string of the molecule is O=S(=O)(Cc1ccc(F)cc1)NCc1ccnc(-c2ccsc2)c1. The molecule has 0 saturated heterocycles. The van der Waals surface area contributed by atoms with E-state index in [4.69, 9.17) is 0 Å². The molecule has 0 atom stereocenters. The number of hydrogen-bond acceptors (Lipinski definition) is 4. The van der Waals surface area contributed by atoms with Crippen LogP contribution in [-0.2, 0) is 22.3 Å². The van der Waals surface area contributed by atoms with Crippen LogP contribution in [0, 0.1) is 5.82 Å². The molecule has 1 aromatic carbocycles. The number of nitrogens with zero attached hydrogens (tertiary/aromatic N) is 1. The van der Waals surface area contributed by atoms with Crippen LogP contribution in [-0.4, -0.2) is 13.4 Å². The predicted octanol–water partition coefficient (Wildman–Crippen LogP) is 3.57. The second kappa shape index (κ2) is 7.21. The van der Waals surface area contributed by atoms with Crippen LogP contribution in [0.2, 0.25) is 0 Å². The van der Waals surface area contributed by atoms with Crippen LogP contribution < -0.4 is 4.72 Å². The third kappa shape index (κ3) is 4.47. The summed E-state index contributed by atoms with van der Waals surface area (Å²) in [5, 5.41) is 3.96. The van der Waals surface area contributed by atoms with Gasteiger partial charge >= 0.3 is 0 Å². The van der Waals surface area contributed by atoms with Crippen molar-refractivity contribution in [3.8, 4) is 11.3 Å². The molecule has 0 radical (unpaired) electrons. The molecule has 7 heteroatoms. The lowest BCUT2D eigenvalue weighted by molar-refractivity contribution is 0.580. The van der Waals surface area contributed by atoms with Crippen LogP contribution in [0.1, 0.15) is 11.1 Å². The lowest BCUT2D eigenvalue weighted by atomic mass is 10.1. The molecular formula is C17H15FN2O2S2. The Labute approximate surface area is 144 Å². The van der Waals surface area contributed by atoms with Crippen molar-refractivity contribution in [3.63, 3.8) is 0 Å². The Morgan fingerprint density at radius 3 is 2.58 bits per heavy atom. The Kier molecular flexibility index (Phi) is 5.03. The van der Waals surface area contributed by atoms with E-state index in [1.807, 2.05) is 22.9 Å². The first-order chi connectivity index (χ1) is 11.5. The van der Waals surface area contributed by atoms with Gasteiger partial charge in [-0.15, -0.1) is 0 Å². The maximum absolute atomic E-state index is 12.9. The first-order valence-corrected chi connectivity index (χ1v) is 9.81. The number of benzene rings is 1. The van der Waals surface area contributed by atoms with E-state index in [2.05, 4.69) is 9.71 Å². The van der Waals surface area contributed by atoms with Gasteiger partial charge < -0.3 is 0 Å². The molecule has 0 unspecified atom stereocenters. The molecule has 3 rings (SSSR count). The zero-order chi connectivity index (χ0) is 17.0. The van der Waals surface area contributed by atoms with E-state index in [0.29, 0.717) is 5.56 Å². The van der Waals surface area contributed by atoms with Crippen molar-refractivity contribution in [2.24, 2.45) is 0 Å². The fraction of sp³-hybridized carbons (Fsp3) is 0.118. The van der Waals surface area contributed by atoms with Crippen molar-refractivity contribution >= 4 is 21.4 Å². The van der Waals surface area contributed by atoms with Crippen LogP contribution in [0.15, 0.2) is 59.4 Å². The quantitative estimate of drug-likeness (QED) is 0.729. The van der Waals surface area contributed by atoms with Crippen molar-refractivity contribution in [1.29, 1.82) is 0 Å². The minimum Gasteiger partial charge on any atom is -0.256 e. The fourth-order valence-electron chi connectivity index (χ4n) is 2.20. The first-order valence-electron chi connectivity index (χ1n) is 7.21. The molecule has 0 bridgehead atoms. The van der Waals surface area contributed by atoms with E-state index in [1.54, 1.807) is 23.6 Å². The van der Waals surface area contributed by atoms with Crippen LogP contribution in [0.5, 0.6) is 0 Å². The molecule has 0 aliphatic heterocycles. The molecule has 4 nitrogen and oxygen atoms in total. The van der Waals surface area contributed by atoms with Crippen LogP contribution in [0.25, 0.3) is 11.3 Å². The third-order valence-corrected chi connectivity index (χ3v) is 5.39. The average molecular weight is 362 g/mol. The lowest BCUT2D eigenvalue weighted by Gasteiger charge is -2.08. The van der Waals surface area contributed by atoms with Crippen molar-refractivity contribution in [2.75, 3.05) is 0 Å². The van der Waals surface area contributed by atoms with E-state index < -0.39 is 10.0 Å². The van der Waals surface area contributed by atoms with Gasteiger partial charge in [0, 0.05) is 23.7 Å². The van der Waals surface area contributed by atoms with Gasteiger partial charge in [-0.2, -0.15) is 11.3 Å². The smallest absolute Gasteiger partial charge is 0.216 e. The molecule has 0 aliphatic carbocycles. The molecule has 124 valence electrons. The summed E-state index contributed by atoms with van der Waals surface area (Å²) in [7, 11) is -3.50. The minimum atomic E-state index is -3.50. The van der Waals surface area contributed by atoms with Gasteiger partial charge in [0.25, 0.3) is 0 Å². The molecule has 1 N–H and O–H groups in total. The molecule has 3 aromatic rings. The normalized spacial score (nSPS) is 11.5. The molecule has 24 heavy (non-hydrogen) atoms. The number of pyridine rings is 1. The Morgan fingerprint density at radius 2 is 1.88 bits per heavy atom. The zero-order valence-electron chi connectivity index (χ0n) is 12.6. The Hall–Kier alpha value is -2.09. The van der Waals surface area contributed by atoms with Gasteiger partial charge in [-0.1, -0.05) is 12.1 Å². The van der Waals surface area contributed by atoms with Crippen LogP contribution in [0.4, 0.5) is 4.39 Å². The summed E-state index contributed by atoms with van der Waals surface area (Å²) >= 11 is 1.58. The minimum absolute atomic E-state index is 0.184.